The zero-order valence-corrected chi connectivity index (χ0v) is 26.9. The molecule has 1 aliphatic rings. The van der Waals surface area contributed by atoms with E-state index < -0.39 is 6.17 Å². The molecule has 47 heavy (non-hydrogen) atoms. The molecule has 0 saturated carbocycles. The van der Waals surface area contributed by atoms with Gasteiger partial charge in [-0.25, -0.2) is 0 Å². The average Bonchev–Trinajstić information content (AvgIpc) is 3.32. The summed E-state index contributed by atoms with van der Waals surface area (Å²) in [6.45, 7) is 5.34. The predicted octanol–water partition coefficient (Wildman–Crippen LogP) is 10.1. The first-order valence-corrected chi connectivity index (χ1v) is 16.5. The van der Waals surface area contributed by atoms with Crippen LogP contribution in [0, 0.1) is 0 Å². The molecule has 0 radical (unpaired) electrons. The van der Waals surface area contributed by atoms with Gasteiger partial charge >= 0.3 is 0 Å². The van der Waals surface area contributed by atoms with Crippen molar-refractivity contribution in [3.05, 3.63) is 173 Å². The third kappa shape index (κ3) is 5.18. The third-order valence-corrected chi connectivity index (χ3v) is 10.1. The van der Waals surface area contributed by atoms with Crippen LogP contribution in [0.15, 0.2) is 140 Å². The molecule has 0 fully saturated rings. The van der Waals surface area contributed by atoms with E-state index in [1.807, 2.05) is 0 Å². The molecule has 0 heterocycles. The minimum Gasteiger partial charge on any atom is -0.381 e. The van der Waals surface area contributed by atoms with Crippen LogP contribution in [0.4, 0.5) is 5.69 Å². The number of para-hydroxylation sites is 1. The molecule has 0 aliphatic heterocycles. The van der Waals surface area contributed by atoms with Gasteiger partial charge in [-0.05, 0) is 95.7 Å². The Kier molecular flexibility index (Phi) is 7.17. The molecular weight excluding hydrogens is 571 g/mol. The number of fused-ring (bicyclic) bond motifs is 6. The topological polar surface area (TPSA) is 64.1 Å². The van der Waals surface area contributed by atoms with Gasteiger partial charge in [-0.1, -0.05) is 141 Å². The van der Waals surface area contributed by atoms with E-state index in [1.165, 1.54) is 77.3 Å². The number of anilines is 1. The Morgan fingerprint density at radius 3 is 2.11 bits per heavy atom. The maximum Gasteiger partial charge on any atom is 0.0784 e. The number of nitrogens with one attached hydrogen (secondary N) is 1. The normalized spacial score (nSPS) is 13.2. The minimum absolute atomic E-state index is 0.120. The number of nitrogens with two attached hydrogens (primary N) is 2. The summed E-state index contributed by atoms with van der Waals surface area (Å²) in [7, 11) is 0. The van der Waals surface area contributed by atoms with Crippen molar-refractivity contribution < 1.29 is 0 Å². The van der Waals surface area contributed by atoms with E-state index in [0.29, 0.717) is 0 Å². The fraction of sp³-hybridized carbons (Fsp3) is 0.136. The third-order valence-electron chi connectivity index (χ3n) is 10.1. The van der Waals surface area contributed by atoms with Gasteiger partial charge in [0.05, 0.1) is 6.17 Å². The molecule has 0 bridgehead atoms. The van der Waals surface area contributed by atoms with Crippen LogP contribution in [0.3, 0.4) is 0 Å². The number of hydrogen-bond donors (Lipinski definition) is 3. The van der Waals surface area contributed by atoms with E-state index in [0.717, 1.165) is 18.5 Å². The van der Waals surface area contributed by atoms with Crippen molar-refractivity contribution in [1.82, 2.24) is 0 Å². The summed E-state index contributed by atoms with van der Waals surface area (Å²) in [5, 5.41) is 8.92. The van der Waals surface area contributed by atoms with E-state index in [1.54, 1.807) is 0 Å². The predicted molar refractivity (Wildman–Crippen MR) is 199 cm³/mol. The highest BCUT2D eigenvalue weighted by molar-refractivity contribution is 6.13. The molecule has 7 aromatic carbocycles. The van der Waals surface area contributed by atoms with Gasteiger partial charge in [-0.3, -0.25) is 0 Å². The Morgan fingerprint density at radius 1 is 0.574 bits per heavy atom. The number of rotatable bonds is 7. The molecule has 0 amide bonds. The summed E-state index contributed by atoms with van der Waals surface area (Å²) in [6, 6.07) is 50.8. The first-order valence-electron chi connectivity index (χ1n) is 16.5. The summed E-state index contributed by atoms with van der Waals surface area (Å²) < 4.78 is 0. The maximum absolute atomic E-state index is 6.02. The minimum atomic E-state index is -0.472. The van der Waals surface area contributed by atoms with Crippen molar-refractivity contribution in [2.45, 2.75) is 38.4 Å². The van der Waals surface area contributed by atoms with Gasteiger partial charge in [0.2, 0.25) is 0 Å². The molecule has 0 unspecified atom stereocenters. The first kappa shape index (κ1) is 29.2. The lowest BCUT2D eigenvalue weighted by Crippen LogP contribution is -2.21. The zero-order valence-electron chi connectivity index (χ0n) is 26.9. The van der Waals surface area contributed by atoms with Crippen LogP contribution in [-0.2, 0) is 18.4 Å². The lowest BCUT2D eigenvalue weighted by Gasteiger charge is -2.23. The lowest BCUT2D eigenvalue weighted by molar-refractivity contribution is 0.655. The Bertz CT molecular complexity index is 2300. The fourth-order valence-electron chi connectivity index (χ4n) is 7.53. The molecule has 3 nitrogen and oxygen atoms in total. The molecule has 7 aromatic rings. The van der Waals surface area contributed by atoms with Crippen molar-refractivity contribution in [3.63, 3.8) is 0 Å². The smallest absolute Gasteiger partial charge is 0.0784 e. The Morgan fingerprint density at radius 2 is 1.28 bits per heavy atom. The average molecular weight is 610 g/mol. The summed E-state index contributed by atoms with van der Waals surface area (Å²) in [4.78, 5) is 0. The SMILES string of the molecule is CC1(C)c2cc(CNc3ccccc3Cc3cccc(-c4cc5ccccc5c5ccccc45)c3)ccc2-c2ccc(C(N)N)cc21. The first-order chi connectivity index (χ1) is 22.9. The van der Waals surface area contributed by atoms with Gasteiger partial charge in [0.25, 0.3) is 0 Å². The van der Waals surface area contributed by atoms with Crippen LogP contribution in [0.25, 0.3) is 43.8 Å². The summed E-state index contributed by atoms with van der Waals surface area (Å²) in [6.07, 6.45) is 0.376. The van der Waals surface area contributed by atoms with Gasteiger partial charge in [0.1, 0.15) is 0 Å². The Labute approximate surface area is 276 Å². The molecule has 0 atom stereocenters. The van der Waals surface area contributed by atoms with Crippen molar-refractivity contribution in [1.29, 1.82) is 0 Å². The summed E-state index contributed by atoms with van der Waals surface area (Å²) >= 11 is 0. The second kappa shape index (κ2) is 11.5. The maximum atomic E-state index is 6.02. The van der Waals surface area contributed by atoms with Crippen molar-refractivity contribution in [2.24, 2.45) is 11.5 Å². The fourth-order valence-corrected chi connectivity index (χ4v) is 7.53. The molecule has 0 spiro atoms. The van der Waals surface area contributed by atoms with Gasteiger partial charge in [-0.15, -0.1) is 0 Å². The Hall–Kier alpha value is -5.22. The van der Waals surface area contributed by atoms with Gasteiger partial charge in [0, 0.05) is 17.6 Å². The van der Waals surface area contributed by atoms with Gasteiger partial charge in [0.15, 0.2) is 0 Å². The van der Waals surface area contributed by atoms with Gasteiger partial charge in [-0.2, -0.15) is 0 Å². The van der Waals surface area contributed by atoms with Gasteiger partial charge < -0.3 is 16.8 Å². The molecule has 0 saturated heterocycles. The van der Waals surface area contributed by atoms with E-state index in [-0.39, 0.29) is 5.41 Å². The number of hydrogen-bond acceptors (Lipinski definition) is 3. The standard InChI is InChI=1S/C44H39N3/c1-44(2)40-24-29(18-20-37(40)38-21-19-33(43(45)46)26-41(38)44)27-47-42-17-8-4-12-32(42)23-28-10-9-13-30(22-28)39-25-31-11-3-5-14-34(31)35-15-6-7-16-36(35)39/h3-22,24-26,43,47H,23,27,45-46H2,1-2H3. The second-order valence-corrected chi connectivity index (χ2v) is 13.4. The van der Waals surface area contributed by atoms with E-state index in [2.05, 4.69) is 159 Å². The van der Waals surface area contributed by atoms with Crippen molar-refractivity contribution >= 4 is 27.2 Å². The largest absolute Gasteiger partial charge is 0.381 e. The van der Waals surface area contributed by atoms with E-state index in [9.17, 15) is 0 Å². The van der Waals surface area contributed by atoms with Crippen LogP contribution in [0.1, 0.15) is 53.4 Å². The van der Waals surface area contributed by atoms with E-state index >= 15 is 0 Å². The second-order valence-electron chi connectivity index (χ2n) is 13.4. The highest BCUT2D eigenvalue weighted by Gasteiger charge is 2.35. The van der Waals surface area contributed by atoms with Crippen LogP contribution in [-0.4, -0.2) is 0 Å². The molecular formula is C44H39N3. The summed E-state index contributed by atoms with van der Waals surface area (Å²) in [5.74, 6) is 0. The highest BCUT2D eigenvalue weighted by Crippen LogP contribution is 2.49. The van der Waals surface area contributed by atoms with E-state index in [4.69, 9.17) is 11.5 Å². The highest BCUT2D eigenvalue weighted by atomic mass is 14.9. The van der Waals surface area contributed by atoms with Crippen LogP contribution >= 0.6 is 0 Å². The molecule has 8 rings (SSSR count). The van der Waals surface area contributed by atoms with Crippen molar-refractivity contribution in [3.8, 4) is 22.3 Å². The molecule has 0 aromatic heterocycles. The quantitative estimate of drug-likeness (QED) is 0.124. The molecule has 230 valence electrons. The Balaban J connectivity index is 1.06. The van der Waals surface area contributed by atoms with Crippen LogP contribution in [0.5, 0.6) is 0 Å². The molecule has 5 N–H and O–H groups in total. The van der Waals surface area contributed by atoms with Crippen molar-refractivity contribution in [2.75, 3.05) is 5.32 Å². The summed E-state index contributed by atoms with van der Waals surface area (Å²) in [5.41, 5.74) is 25.6. The van der Waals surface area contributed by atoms with Crippen LogP contribution in [0.2, 0.25) is 0 Å². The lowest BCUT2D eigenvalue weighted by atomic mass is 9.81. The monoisotopic (exact) mass is 609 g/mol. The molecule has 1 aliphatic carbocycles. The van der Waals surface area contributed by atoms with Crippen LogP contribution < -0.4 is 16.8 Å². The zero-order chi connectivity index (χ0) is 32.1. The number of benzene rings is 7. The molecule has 3 heteroatoms.